The Kier molecular flexibility index (Phi) is 6.25. The van der Waals surface area contributed by atoms with E-state index < -0.39 is 0 Å². The summed E-state index contributed by atoms with van der Waals surface area (Å²) in [4.78, 5) is 16.3. The lowest BCUT2D eigenvalue weighted by Crippen LogP contribution is -2.28. The quantitative estimate of drug-likeness (QED) is 0.644. The summed E-state index contributed by atoms with van der Waals surface area (Å²) >= 11 is 0. The zero-order chi connectivity index (χ0) is 18.9. The van der Waals surface area contributed by atoms with Crippen LogP contribution in [0.2, 0.25) is 0 Å². The first kappa shape index (κ1) is 18.3. The average molecular weight is 363 g/mol. The molecule has 1 heterocycles. The van der Waals surface area contributed by atoms with E-state index in [1.807, 2.05) is 49.4 Å². The highest BCUT2D eigenvalue weighted by Gasteiger charge is 2.07. The maximum absolute atomic E-state index is 12.1. The normalized spacial score (nSPS) is 10.1. The van der Waals surface area contributed by atoms with Crippen molar-refractivity contribution in [3.8, 4) is 17.4 Å². The largest absolute Gasteiger partial charge is 0.478 e. The zero-order valence-corrected chi connectivity index (χ0v) is 15.0. The van der Waals surface area contributed by atoms with E-state index >= 15 is 0 Å². The number of amides is 2. The molecular formula is C21H21N3O3. The van der Waals surface area contributed by atoms with Crippen LogP contribution in [0.25, 0.3) is 0 Å². The van der Waals surface area contributed by atoms with Gasteiger partial charge >= 0.3 is 6.03 Å². The fourth-order valence-electron chi connectivity index (χ4n) is 2.41. The Labute approximate surface area is 158 Å². The van der Waals surface area contributed by atoms with Crippen LogP contribution in [0.15, 0.2) is 72.9 Å². The summed E-state index contributed by atoms with van der Waals surface area (Å²) in [5, 5.41) is 5.59. The topological polar surface area (TPSA) is 72.5 Å². The standard InChI is InChI=1S/C21H21N3O3/c1-2-26-20-16(7-6-14-22-20)15-23-21(25)24-17-10-12-19(13-11-17)27-18-8-4-3-5-9-18/h3-14H,2,15H2,1H3,(H2,23,24,25). The van der Waals surface area contributed by atoms with Crippen molar-refractivity contribution in [1.29, 1.82) is 0 Å². The highest BCUT2D eigenvalue weighted by Crippen LogP contribution is 2.22. The number of nitrogens with zero attached hydrogens (tertiary/aromatic N) is 1. The number of urea groups is 1. The second-order valence-corrected chi connectivity index (χ2v) is 5.65. The zero-order valence-electron chi connectivity index (χ0n) is 15.0. The number of pyridine rings is 1. The van der Waals surface area contributed by atoms with E-state index in [2.05, 4.69) is 15.6 Å². The Morgan fingerprint density at radius 3 is 2.44 bits per heavy atom. The molecule has 138 valence electrons. The molecule has 2 aromatic carbocycles. The fraction of sp³-hybridized carbons (Fsp3) is 0.143. The van der Waals surface area contributed by atoms with Crippen molar-refractivity contribution < 1.29 is 14.3 Å². The molecule has 2 N–H and O–H groups in total. The molecule has 0 bridgehead atoms. The number of hydrogen-bond acceptors (Lipinski definition) is 4. The van der Waals surface area contributed by atoms with Crippen molar-refractivity contribution >= 4 is 11.7 Å². The molecule has 3 aromatic rings. The number of ether oxygens (including phenoxy) is 2. The van der Waals surface area contributed by atoms with Crippen LogP contribution in [0.4, 0.5) is 10.5 Å². The first-order valence-corrected chi connectivity index (χ1v) is 8.69. The molecular weight excluding hydrogens is 342 g/mol. The van der Waals surface area contributed by atoms with Crippen molar-refractivity contribution in [2.45, 2.75) is 13.5 Å². The number of para-hydroxylation sites is 1. The summed E-state index contributed by atoms with van der Waals surface area (Å²) < 4.78 is 11.2. The van der Waals surface area contributed by atoms with Gasteiger partial charge in [0.1, 0.15) is 11.5 Å². The van der Waals surface area contributed by atoms with E-state index in [9.17, 15) is 4.79 Å². The third-order valence-corrected chi connectivity index (χ3v) is 3.66. The number of hydrogen-bond donors (Lipinski definition) is 2. The average Bonchev–Trinajstić information content (AvgIpc) is 2.70. The maximum atomic E-state index is 12.1. The summed E-state index contributed by atoms with van der Waals surface area (Å²) in [5.74, 6) is 1.99. The van der Waals surface area contributed by atoms with Gasteiger partial charge in [-0.15, -0.1) is 0 Å². The number of anilines is 1. The van der Waals surface area contributed by atoms with E-state index in [-0.39, 0.29) is 6.03 Å². The predicted molar refractivity (Wildman–Crippen MR) is 104 cm³/mol. The predicted octanol–water partition coefficient (Wildman–Crippen LogP) is 4.59. The number of aromatic nitrogens is 1. The van der Waals surface area contributed by atoms with Crippen molar-refractivity contribution in [2.24, 2.45) is 0 Å². The Morgan fingerprint density at radius 1 is 0.963 bits per heavy atom. The Bertz CT molecular complexity index is 867. The first-order chi connectivity index (χ1) is 13.2. The highest BCUT2D eigenvalue weighted by molar-refractivity contribution is 5.89. The third-order valence-electron chi connectivity index (χ3n) is 3.66. The highest BCUT2D eigenvalue weighted by atomic mass is 16.5. The fourth-order valence-corrected chi connectivity index (χ4v) is 2.41. The molecule has 6 heteroatoms. The Hall–Kier alpha value is -3.54. The molecule has 0 aliphatic carbocycles. The minimum Gasteiger partial charge on any atom is -0.478 e. The third kappa shape index (κ3) is 5.47. The van der Waals surface area contributed by atoms with Gasteiger partial charge in [-0.1, -0.05) is 24.3 Å². The van der Waals surface area contributed by atoms with Crippen LogP contribution >= 0.6 is 0 Å². The van der Waals surface area contributed by atoms with Gasteiger partial charge in [0.15, 0.2) is 0 Å². The van der Waals surface area contributed by atoms with Crippen molar-refractivity contribution in [1.82, 2.24) is 10.3 Å². The minimum atomic E-state index is -0.307. The molecule has 0 unspecified atom stereocenters. The van der Waals surface area contributed by atoms with Gasteiger partial charge < -0.3 is 20.1 Å². The number of nitrogens with one attached hydrogen (secondary N) is 2. The molecule has 0 aliphatic rings. The molecule has 0 aliphatic heterocycles. The van der Waals surface area contributed by atoms with Gasteiger partial charge in [0.25, 0.3) is 0 Å². The lowest BCUT2D eigenvalue weighted by Gasteiger charge is -2.11. The van der Waals surface area contributed by atoms with Crippen molar-refractivity contribution in [3.05, 3.63) is 78.5 Å². The van der Waals surface area contributed by atoms with Gasteiger partial charge in [0.05, 0.1) is 6.61 Å². The Morgan fingerprint density at radius 2 is 1.70 bits per heavy atom. The lowest BCUT2D eigenvalue weighted by molar-refractivity contribution is 0.251. The molecule has 1 aromatic heterocycles. The second-order valence-electron chi connectivity index (χ2n) is 5.65. The number of rotatable bonds is 7. The van der Waals surface area contributed by atoms with Gasteiger partial charge in [-0.25, -0.2) is 9.78 Å². The van der Waals surface area contributed by atoms with Crippen LogP contribution in [-0.2, 0) is 6.54 Å². The summed E-state index contributed by atoms with van der Waals surface area (Å²) in [6, 6.07) is 20.1. The van der Waals surface area contributed by atoms with Gasteiger partial charge in [-0.05, 0) is 49.4 Å². The molecule has 0 fully saturated rings. The lowest BCUT2D eigenvalue weighted by atomic mass is 10.2. The number of carbonyl (C=O) groups excluding carboxylic acids is 1. The molecule has 0 saturated carbocycles. The molecule has 0 radical (unpaired) electrons. The van der Waals surface area contributed by atoms with E-state index in [1.165, 1.54) is 0 Å². The van der Waals surface area contributed by atoms with E-state index in [4.69, 9.17) is 9.47 Å². The van der Waals surface area contributed by atoms with Gasteiger partial charge in [0.2, 0.25) is 5.88 Å². The maximum Gasteiger partial charge on any atom is 0.319 e. The van der Waals surface area contributed by atoms with Crippen LogP contribution in [0.1, 0.15) is 12.5 Å². The number of carbonyl (C=O) groups is 1. The van der Waals surface area contributed by atoms with Gasteiger partial charge in [0, 0.05) is 24.0 Å². The van der Waals surface area contributed by atoms with Crippen LogP contribution < -0.4 is 20.1 Å². The summed E-state index contributed by atoms with van der Waals surface area (Å²) in [7, 11) is 0. The molecule has 6 nitrogen and oxygen atoms in total. The van der Waals surface area contributed by atoms with Crippen molar-refractivity contribution in [3.63, 3.8) is 0 Å². The van der Waals surface area contributed by atoms with Crippen LogP contribution in [-0.4, -0.2) is 17.6 Å². The molecule has 3 rings (SSSR count). The monoisotopic (exact) mass is 363 g/mol. The van der Waals surface area contributed by atoms with Crippen LogP contribution in [0.5, 0.6) is 17.4 Å². The summed E-state index contributed by atoms with van der Waals surface area (Å²) in [5.41, 5.74) is 1.49. The molecule has 2 amide bonds. The van der Waals surface area contributed by atoms with Crippen LogP contribution in [0, 0.1) is 0 Å². The Balaban J connectivity index is 1.52. The van der Waals surface area contributed by atoms with E-state index in [0.717, 1.165) is 11.3 Å². The van der Waals surface area contributed by atoms with Crippen LogP contribution in [0.3, 0.4) is 0 Å². The molecule has 0 saturated heterocycles. The first-order valence-electron chi connectivity index (χ1n) is 8.69. The smallest absolute Gasteiger partial charge is 0.319 e. The number of benzene rings is 2. The van der Waals surface area contributed by atoms with E-state index in [1.54, 1.807) is 30.5 Å². The van der Waals surface area contributed by atoms with Gasteiger partial charge in [-0.2, -0.15) is 0 Å². The SMILES string of the molecule is CCOc1ncccc1CNC(=O)Nc1ccc(Oc2ccccc2)cc1. The minimum absolute atomic E-state index is 0.307. The molecule has 27 heavy (non-hydrogen) atoms. The van der Waals surface area contributed by atoms with Crippen molar-refractivity contribution in [2.75, 3.05) is 11.9 Å². The van der Waals surface area contributed by atoms with E-state index in [0.29, 0.717) is 30.5 Å². The van der Waals surface area contributed by atoms with Gasteiger partial charge in [-0.3, -0.25) is 0 Å². The molecule has 0 spiro atoms. The summed E-state index contributed by atoms with van der Waals surface area (Å²) in [6.45, 7) is 2.74. The summed E-state index contributed by atoms with van der Waals surface area (Å²) in [6.07, 6.45) is 1.66. The molecule has 0 atom stereocenters. The second kappa shape index (κ2) is 9.24.